The van der Waals surface area contributed by atoms with Crippen LogP contribution in [0.25, 0.3) is 0 Å². The summed E-state index contributed by atoms with van der Waals surface area (Å²) in [6.07, 6.45) is 13.4. The van der Waals surface area contributed by atoms with Gasteiger partial charge in [0.1, 0.15) is 0 Å². The van der Waals surface area contributed by atoms with Gasteiger partial charge < -0.3 is 14.5 Å². The summed E-state index contributed by atoms with van der Waals surface area (Å²) >= 11 is 0. The Bertz CT molecular complexity index is 469. The molecule has 0 radical (unpaired) electrons. The van der Waals surface area contributed by atoms with Crippen molar-refractivity contribution in [1.82, 2.24) is 24.4 Å². The molecule has 5 nitrogen and oxygen atoms in total. The van der Waals surface area contributed by atoms with Crippen LogP contribution in [0.4, 0.5) is 0 Å². The van der Waals surface area contributed by atoms with Gasteiger partial charge in [0, 0.05) is 37.7 Å². The standard InChI is InChI=1S/C13H19N5/c1(6-17-7-5-15-10-17)4-14-8-13-9-16-11-18(13)12-2-3-12/h5,7,9-12,14H,1-4,6,8H2. The van der Waals surface area contributed by atoms with Crippen molar-refractivity contribution in [3.05, 3.63) is 36.9 Å². The van der Waals surface area contributed by atoms with Crippen LogP contribution < -0.4 is 5.32 Å². The molecule has 18 heavy (non-hydrogen) atoms. The molecule has 0 saturated heterocycles. The number of aromatic nitrogens is 4. The highest BCUT2D eigenvalue weighted by molar-refractivity contribution is 5.03. The van der Waals surface area contributed by atoms with E-state index in [9.17, 15) is 0 Å². The minimum atomic E-state index is 0.718. The molecule has 1 saturated carbocycles. The second-order valence-electron chi connectivity index (χ2n) is 4.85. The third-order valence-corrected chi connectivity index (χ3v) is 3.32. The zero-order valence-electron chi connectivity index (χ0n) is 10.5. The van der Waals surface area contributed by atoms with Gasteiger partial charge in [-0.25, -0.2) is 9.97 Å². The fourth-order valence-electron chi connectivity index (χ4n) is 2.17. The van der Waals surface area contributed by atoms with Gasteiger partial charge in [0.25, 0.3) is 0 Å². The van der Waals surface area contributed by atoms with Crippen molar-refractivity contribution in [2.24, 2.45) is 0 Å². The van der Waals surface area contributed by atoms with E-state index in [1.54, 1.807) is 0 Å². The maximum absolute atomic E-state index is 4.23. The molecule has 0 aliphatic heterocycles. The Kier molecular flexibility index (Phi) is 3.41. The number of rotatable bonds is 7. The third-order valence-electron chi connectivity index (χ3n) is 3.32. The van der Waals surface area contributed by atoms with Gasteiger partial charge in [-0.1, -0.05) is 0 Å². The lowest BCUT2D eigenvalue weighted by Gasteiger charge is -2.08. The molecule has 1 aliphatic carbocycles. The molecule has 2 aromatic heterocycles. The molecule has 0 bridgehead atoms. The molecule has 1 aliphatic rings. The molecule has 0 aromatic carbocycles. The fraction of sp³-hybridized carbons (Fsp3) is 0.538. The third kappa shape index (κ3) is 2.79. The van der Waals surface area contributed by atoms with Gasteiger partial charge in [-0.05, 0) is 25.8 Å². The predicted octanol–water partition coefficient (Wildman–Crippen LogP) is 1.59. The largest absolute Gasteiger partial charge is 0.337 e. The average molecular weight is 245 g/mol. The molecule has 1 N–H and O–H groups in total. The number of nitrogens with one attached hydrogen (secondary N) is 1. The smallest absolute Gasteiger partial charge is 0.0951 e. The maximum Gasteiger partial charge on any atom is 0.0951 e. The van der Waals surface area contributed by atoms with E-state index in [4.69, 9.17) is 0 Å². The summed E-state index contributed by atoms with van der Waals surface area (Å²) in [6.45, 7) is 2.96. The van der Waals surface area contributed by atoms with Crippen LogP contribution in [0, 0.1) is 0 Å². The second kappa shape index (κ2) is 5.35. The molecule has 3 rings (SSSR count). The zero-order chi connectivity index (χ0) is 12.2. The van der Waals surface area contributed by atoms with Crippen LogP contribution in [0.5, 0.6) is 0 Å². The van der Waals surface area contributed by atoms with Gasteiger partial charge in [-0.15, -0.1) is 0 Å². The van der Waals surface area contributed by atoms with E-state index < -0.39 is 0 Å². The summed E-state index contributed by atoms with van der Waals surface area (Å²) in [7, 11) is 0. The van der Waals surface area contributed by atoms with Gasteiger partial charge in [0.2, 0.25) is 0 Å². The Morgan fingerprint density at radius 1 is 1.28 bits per heavy atom. The molecular formula is C13H19N5. The molecule has 0 unspecified atom stereocenters. The lowest BCUT2D eigenvalue weighted by atomic mass is 10.4. The average Bonchev–Trinajstić information content (AvgIpc) is 2.92. The van der Waals surface area contributed by atoms with E-state index in [1.165, 1.54) is 18.5 Å². The minimum Gasteiger partial charge on any atom is -0.337 e. The monoisotopic (exact) mass is 245 g/mol. The van der Waals surface area contributed by atoms with E-state index in [2.05, 4.69) is 24.4 Å². The van der Waals surface area contributed by atoms with Gasteiger partial charge in [-0.2, -0.15) is 0 Å². The SMILES string of the molecule is c1cn(CCCNCc2cncn2C2CC2)cn1. The number of hydrogen-bond donors (Lipinski definition) is 1. The van der Waals surface area contributed by atoms with Crippen molar-refractivity contribution in [2.75, 3.05) is 6.54 Å². The summed E-state index contributed by atoms with van der Waals surface area (Å²) in [4.78, 5) is 8.26. The minimum absolute atomic E-state index is 0.718. The maximum atomic E-state index is 4.23. The number of hydrogen-bond acceptors (Lipinski definition) is 3. The molecule has 1 fully saturated rings. The highest BCUT2D eigenvalue weighted by Gasteiger charge is 2.24. The normalized spacial score (nSPS) is 15.1. The second-order valence-corrected chi connectivity index (χ2v) is 4.85. The van der Waals surface area contributed by atoms with E-state index in [1.807, 2.05) is 31.2 Å². The van der Waals surface area contributed by atoms with Crippen LogP contribution in [-0.2, 0) is 13.1 Å². The highest BCUT2D eigenvalue weighted by Crippen LogP contribution is 2.35. The van der Waals surface area contributed by atoms with Crippen molar-refractivity contribution >= 4 is 0 Å². The van der Waals surface area contributed by atoms with E-state index >= 15 is 0 Å². The summed E-state index contributed by atoms with van der Waals surface area (Å²) in [5.41, 5.74) is 1.31. The van der Waals surface area contributed by atoms with Gasteiger partial charge >= 0.3 is 0 Å². The van der Waals surface area contributed by atoms with Gasteiger partial charge in [0.05, 0.1) is 18.3 Å². The number of nitrogens with zero attached hydrogens (tertiary/aromatic N) is 4. The van der Waals surface area contributed by atoms with Crippen molar-refractivity contribution in [1.29, 1.82) is 0 Å². The van der Waals surface area contributed by atoms with Crippen molar-refractivity contribution in [3.8, 4) is 0 Å². The molecule has 2 aromatic rings. The van der Waals surface area contributed by atoms with Crippen molar-refractivity contribution in [2.45, 2.75) is 38.4 Å². The Morgan fingerprint density at radius 3 is 3.00 bits per heavy atom. The van der Waals surface area contributed by atoms with Crippen LogP contribution in [0.3, 0.4) is 0 Å². The van der Waals surface area contributed by atoms with E-state index in [-0.39, 0.29) is 0 Å². The van der Waals surface area contributed by atoms with Crippen LogP contribution >= 0.6 is 0 Å². The molecule has 5 heteroatoms. The fourth-order valence-corrected chi connectivity index (χ4v) is 2.17. The first kappa shape index (κ1) is 11.5. The Labute approximate surface area is 107 Å². The van der Waals surface area contributed by atoms with Gasteiger partial charge in [-0.3, -0.25) is 0 Å². The van der Waals surface area contributed by atoms with Crippen LogP contribution in [0.2, 0.25) is 0 Å². The summed E-state index contributed by atoms with van der Waals surface area (Å²) in [5, 5.41) is 3.48. The molecule has 0 amide bonds. The first-order valence-corrected chi connectivity index (χ1v) is 6.60. The van der Waals surface area contributed by atoms with E-state index in [0.29, 0.717) is 0 Å². The lowest BCUT2D eigenvalue weighted by Crippen LogP contribution is -2.18. The van der Waals surface area contributed by atoms with Crippen molar-refractivity contribution in [3.63, 3.8) is 0 Å². The molecular weight excluding hydrogens is 226 g/mol. The molecule has 0 spiro atoms. The first-order valence-electron chi connectivity index (χ1n) is 6.60. The summed E-state index contributed by atoms with van der Waals surface area (Å²) in [5.74, 6) is 0. The predicted molar refractivity (Wildman–Crippen MR) is 69.0 cm³/mol. The molecule has 96 valence electrons. The summed E-state index contributed by atoms with van der Waals surface area (Å²) < 4.78 is 4.42. The molecule has 2 heterocycles. The van der Waals surface area contributed by atoms with E-state index in [0.717, 1.165) is 32.1 Å². The number of aryl methyl sites for hydroxylation is 1. The Balaban J connectivity index is 1.38. The van der Waals surface area contributed by atoms with Crippen molar-refractivity contribution < 1.29 is 0 Å². The highest BCUT2D eigenvalue weighted by atomic mass is 15.1. The first-order chi connectivity index (χ1) is 8.93. The lowest BCUT2D eigenvalue weighted by molar-refractivity contribution is 0.563. The van der Waals surface area contributed by atoms with Crippen LogP contribution in [0.15, 0.2) is 31.2 Å². The Hall–Kier alpha value is -1.62. The topological polar surface area (TPSA) is 47.7 Å². The quantitative estimate of drug-likeness (QED) is 0.754. The van der Waals surface area contributed by atoms with Gasteiger partial charge in [0.15, 0.2) is 0 Å². The summed E-state index contributed by atoms with van der Waals surface area (Å²) in [6, 6.07) is 0.718. The number of imidazole rings is 2. The van der Waals surface area contributed by atoms with Crippen LogP contribution in [0.1, 0.15) is 31.0 Å². The zero-order valence-corrected chi connectivity index (χ0v) is 10.5. The Morgan fingerprint density at radius 2 is 2.22 bits per heavy atom. The van der Waals surface area contributed by atoms with Crippen LogP contribution in [-0.4, -0.2) is 25.6 Å². The molecule has 0 atom stereocenters.